The number of rotatable bonds is 7. The van der Waals surface area contributed by atoms with E-state index in [9.17, 15) is 0 Å². The van der Waals surface area contributed by atoms with Gasteiger partial charge in [-0.1, -0.05) is 140 Å². The van der Waals surface area contributed by atoms with E-state index in [0.29, 0.717) is 0 Å². The zero-order chi connectivity index (χ0) is 39.5. The molecule has 0 fully saturated rings. The van der Waals surface area contributed by atoms with E-state index in [1.165, 1.54) is 71.2 Å². The molecule has 1 unspecified atom stereocenters. The Balaban J connectivity index is 1.08. The average Bonchev–Trinajstić information content (AvgIpc) is 3.63. The van der Waals surface area contributed by atoms with Crippen LogP contribution in [0.25, 0.3) is 99.8 Å². The minimum atomic E-state index is 0.0372. The highest BCUT2D eigenvalue weighted by atomic mass is 15.0. The van der Waals surface area contributed by atoms with Gasteiger partial charge in [0, 0.05) is 41.0 Å². The van der Waals surface area contributed by atoms with Crippen LogP contribution in [0.2, 0.25) is 0 Å². The standard InChI is InChI=1S/C56H39N3/c1-36(29-45(34-57)42-24-26-53-50(33-42)52-35-58-28-27-54(52)59(53)46-15-3-2-4-16-46)39-23-25-49-51(32-39)56(44-22-20-38-12-6-8-14-41(38)31-44)48-18-10-9-17-47(48)55(49)43-21-19-37-11-5-7-13-40(37)30-43/h2-22,24-35,39,57H,1,23H2/b45-29+,57-34?. The molecular formula is C56H39N3. The van der Waals surface area contributed by atoms with Crippen LogP contribution in [0.5, 0.6) is 0 Å². The van der Waals surface area contributed by atoms with Crippen molar-refractivity contribution in [2.75, 3.05) is 0 Å². The normalized spacial score (nSPS) is 14.0. The zero-order valence-electron chi connectivity index (χ0n) is 32.4. The molecule has 0 aliphatic heterocycles. The smallest absolute Gasteiger partial charge is 0.0571 e. The molecule has 278 valence electrons. The van der Waals surface area contributed by atoms with Crippen molar-refractivity contribution in [3.05, 3.63) is 210 Å². The predicted octanol–water partition coefficient (Wildman–Crippen LogP) is 12.8. The van der Waals surface area contributed by atoms with Crippen LogP contribution in [0.4, 0.5) is 0 Å². The first kappa shape index (κ1) is 34.6. The molecule has 8 aromatic carbocycles. The molecule has 1 atom stereocenters. The molecule has 3 nitrogen and oxygen atoms in total. The number of aromatic nitrogens is 2. The number of pyridine rings is 1. The number of fused-ring (bicyclic) bond motifs is 7. The van der Waals surface area contributed by atoms with Gasteiger partial charge in [0.1, 0.15) is 0 Å². The van der Waals surface area contributed by atoms with Crippen molar-refractivity contribution in [1.82, 2.24) is 9.55 Å². The SMILES string of the molecule is C=C(/C=C(\C=N)c1ccc2c(c1)c1cnccc1n2-c1ccccc1)C1C=c2c(-c3ccc4ccccc4c3)c3ccccc3c(-c3ccc4ccccc4c3)c2=CC1. The third-order valence-electron chi connectivity index (χ3n) is 12.2. The summed E-state index contributed by atoms with van der Waals surface area (Å²) in [6.07, 6.45) is 13.1. The predicted molar refractivity (Wildman–Crippen MR) is 251 cm³/mol. The summed E-state index contributed by atoms with van der Waals surface area (Å²) in [5.41, 5.74) is 11.0. The van der Waals surface area contributed by atoms with Crippen molar-refractivity contribution in [3.8, 4) is 27.9 Å². The molecule has 10 aromatic rings. The molecule has 0 saturated heterocycles. The molecule has 0 amide bonds. The van der Waals surface area contributed by atoms with Crippen LogP contribution >= 0.6 is 0 Å². The molecule has 2 aromatic heterocycles. The Morgan fingerprint density at radius 1 is 0.593 bits per heavy atom. The van der Waals surface area contributed by atoms with E-state index < -0.39 is 0 Å². The van der Waals surface area contributed by atoms with Gasteiger partial charge in [0.05, 0.1) is 11.0 Å². The maximum absolute atomic E-state index is 8.65. The fraction of sp³-hybridized carbons (Fsp3) is 0.0357. The quantitative estimate of drug-likeness (QED) is 0.128. The molecule has 0 spiro atoms. The molecule has 3 heteroatoms. The summed E-state index contributed by atoms with van der Waals surface area (Å²) in [7, 11) is 0. The first-order valence-electron chi connectivity index (χ1n) is 20.2. The topological polar surface area (TPSA) is 41.7 Å². The Hall–Kier alpha value is -7.62. The van der Waals surface area contributed by atoms with E-state index in [2.05, 4.69) is 186 Å². The number of benzene rings is 8. The van der Waals surface area contributed by atoms with E-state index in [1.54, 1.807) is 0 Å². The summed E-state index contributed by atoms with van der Waals surface area (Å²) in [6, 6.07) is 58.9. The maximum Gasteiger partial charge on any atom is 0.0571 e. The molecule has 59 heavy (non-hydrogen) atoms. The van der Waals surface area contributed by atoms with Gasteiger partial charge in [0.2, 0.25) is 0 Å². The summed E-state index contributed by atoms with van der Waals surface area (Å²) in [5.74, 6) is 0.0372. The van der Waals surface area contributed by atoms with Gasteiger partial charge in [0.25, 0.3) is 0 Å². The minimum absolute atomic E-state index is 0.0372. The van der Waals surface area contributed by atoms with Crippen LogP contribution in [-0.4, -0.2) is 15.8 Å². The van der Waals surface area contributed by atoms with Crippen LogP contribution in [0.15, 0.2) is 194 Å². The second kappa shape index (κ2) is 14.1. The molecule has 1 aliphatic rings. The summed E-state index contributed by atoms with van der Waals surface area (Å²) in [5, 5.41) is 20.7. The van der Waals surface area contributed by atoms with Crippen LogP contribution in [-0.2, 0) is 0 Å². The number of hydrogen-bond acceptors (Lipinski definition) is 2. The van der Waals surface area contributed by atoms with Crippen molar-refractivity contribution in [2.45, 2.75) is 6.42 Å². The van der Waals surface area contributed by atoms with Gasteiger partial charge < -0.3 is 9.98 Å². The fourth-order valence-corrected chi connectivity index (χ4v) is 9.36. The van der Waals surface area contributed by atoms with Gasteiger partial charge in [-0.2, -0.15) is 0 Å². The Morgan fingerprint density at radius 3 is 1.88 bits per heavy atom. The summed E-state index contributed by atoms with van der Waals surface area (Å²) >= 11 is 0. The van der Waals surface area contributed by atoms with Gasteiger partial charge in [-0.25, -0.2) is 0 Å². The molecule has 1 N–H and O–H groups in total. The largest absolute Gasteiger partial charge is 0.309 e. The zero-order valence-corrected chi connectivity index (χ0v) is 32.4. The summed E-state index contributed by atoms with van der Waals surface area (Å²) in [4.78, 5) is 4.50. The third-order valence-corrected chi connectivity index (χ3v) is 12.2. The second-order valence-corrected chi connectivity index (χ2v) is 15.6. The van der Waals surface area contributed by atoms with Gasteiger partial charge >= 0.3 is 0 Å². The number of para-hydroxylation sites is 1. The van der Waals surface area contributed by atoms with Crippen molar-refractivity contribution in [2.24, 2.45) is 5.92 Å². The van der Waals surface area contributed by atoms with Crippen molar-refractivity contribution < 1.29 is 0 Å². The molecule has 11 rings (SSSR count). The highest BCUT2D eigenvalue weighted by Crippen LogP contribution is 2.37. The first-order chi connectivity index (χ1) is 29.1. The van der Waals surface area contributed by atoms with E-state index >= 15 is 0 Å². The second-order valence-electron chi connectivity index (χ2n) is 15.6. The fourth-order valence-electron chi connectivity index (χ4n) is 9.36. The number of nitrogens with zero attached hydrogens (tertiary/aromatic N) is 2. The Kier molecular flexibility index (Phi) is 8.27. The molecule has 2 heterocycles. The summed E-state index contributed by atoms with van der Waals surface area (Å²) < 4.78 is 2.29. The maximum atomic E-state index is 8.65. The van der Waals surface area contributed by atoms with E-state index in [1.807, 2.05) is 18.5 Å². The van der Waals surface area contributed by atoms with Crippen LogP contribution in [0.1, 0.15) is 12.0 Å². The lowest BCUT2D eigenvalue weighted by molar-refractivity contribution is 0.858. The van der Waals surface area contributed by atoms with E-state index in [0.717, 1.165) is 50.6 Å². The van der Waals surface area contributed by atoms with Crippen LogP contribution in [0.3, 0.4) is 0 Å². The Bertz CT molecular complexity index is 3510. The lowest BCUT2D eigenvalue weighted by Gasteiger charge is -2.22. The van der Waals surface area contributed by atoms with Gasteiger partial charge in [-0.05, 0) is 137 Å². The van der Waals surface area contributed by atoms with Crippen LogP contribution in [0, 0.1) is 11.3 Å². The molecule has 0 radical (unpaired) electrons. The minimum Gasteiger partial charge on any atom is -0.309 e. The van der Waals surface area contributed by atoms with E-state index in [-0.39, 0.29) is 5.92 Å². The highest BCUT2D eigenvalue weighted by molar-refractivity contribution is 6.14. The van der Waals surface area contributed by atoms with Crippen molar-refractivity contribution >= 4 is 78.1 Å². The lowest BCUT2D eigenvalue weighted by Crippen LogP contribution is -2.33. The molecule has 0 saturated carbocycles. The van der Waals surface area contributed by atoms with Gasteiger partial charge in [0.15, 0.2) is 0 Å². The molecule has 1 aliphatic carbocycles. The third kappa shape index (κ3) is 5.82. The van der Waals surface area contributed by atoms with Crippen molar-refractivity contribution in [3.63, 3.8) is 0 Å². The molecular weight excluding hydrogens is 715 g/mol. The molecule has 0 bridgehead atoms. The number of hydrogen-bond donors (Lipinski definition) is 1. The number of allylic oxidation sites excluding steroid dienone is 3. The number of nitrogens with one attached hydrogen (secondary N) is 1. The Morgan fingerprint density at radius 2 is 1.20 bits per heavy atom. The van der Waals surface area contributed by atoms with Crippen molar-refractivity contribution in [1.29, 1.82) is 5.41 Å². The summed E-state index contributed by atoms with van der Waals surface area (Å²) in [6.45, 7) is 4.70. The van der Waals surface area contributed by atoms with Crippen LogP contribution < -0.4 is 10.4 Å². The monoisotopic (exact) mass is 753 g/mol. The van der Waals surface area contributed by atoms with E-state index in [4.69, 9.17) is 12.0 Å². The van der Waals surface area contributed by atoms with Gasteiger partial charge in [-0.15, -0.1) is 0 Å². The lowest BCUT2D eigenvalue weighted by atomic mass is 9.82. The Labute approximate surface area is 342 Å². The first-order valence-corrected chi connectivity index (χ1v) is 20.2. The highest BCUT2D eigenvalue weighted by Gasteiger charge is 2.21. The van der Waals surface area contributed by atoms with Gasteiger partial charge in [-0.3, -0.25) is 4.98 Å². The average molecular weight is 754 g/mol.